The van der Waals surface area contributed by atoms with Gasteiger partial charge >= 0.3 is 7.12 Å². The second-order valence-electron chi connectivity index (χ2n) is 5.55. The average molecular weight is 285 g/mol. The van der Waals surface area contributed by atoms with Gasteiger partial charge in [0.25, 0.3) is 0 Å². The molecule has 0 spiro atoms. The molecule has 0 aliphatic carbocycles. The number of anilines is 1. The second kappa shape index (κ2) is 4.70. The van der Waals surface area contributed by atoms with Crippen molar-refractivity contribution in [1.82, 2.24) is 9.97 Å². The van der Waals surface area contributed by atoms with E-state index in [0.29, 0.717) is 0 Å². The molecule has 6 heteroatoms. The van der Waals surface area contributed by atoms with E-state index in [4.69, 9.17) is 23.0 Å². The highest BCUT2D eigenvalue weighted by Crippen LogP contribution is 2.36. The van der Waals surface area contributed by atoms with Gasteiger partial charge in [0.15, 0.2) is 0 Å². The monoisotopic (exact) mass is 285 g/mol. The molecule has 0 bridgehead atoms. The van der Waals surface area contributed by atoms with E-state index in [1.54, 1.807) is 27.7 Å². The van der Waals surface area contributed by atoms with Crippen LogP contribution in [0.5, 0.6) is 0 Å². The Morgan fingerprint density at radius 1 is 1.15 bits per heavy atom. The van der Waals surface area contributed by atoms with Crippen molar-refractivity contribution in [3.63, 3.8) is 0 Å². The number of hydrogen-bond donors (Lipinski definition) is 0. The Morgan fingerprint density at radius 3 is 2.35 bits per heavy atom. The third-order valence-corrected chi connectivity index (χ3v) is 3.64. The van der Waals surface area contributed by atoms with Gasteiger partial charge in [-0.1, -0.05) is 0 Å². The van der Waals surface area contributed by atoms with E-state index < -0.39 is 62.2 Å². The lowest BCUT2D eigenvalue weighted by molar-refractivity contribution is 0.00578. The summed E-state index contributed by atoms with van der Waals surface area (Å²) in [5.74, 6) is -0.791. The predicted octanol–water partition coefficient (Wildman–Crippen LogP) is 1.38. The van der Waals surface area contributed by atoms with Crippen LogP contribution in [-0.2, 0) is 9.31 Å². The molecule has 2 saturated heterocycles. The van der Waals surface area contributed by atoms with E-state index in [1.807, 2.05) is 0 Å². The summed E-state index contributed by atoms with van der Waals surface area (Å²) in [5, 5.41) is 0. The fraction of sp³-hybridized carbons (Fsp3) is 0.714. The fourth-order valence-electron chi connectivity index (χ4n) is 1.73. The first-order valence-corrected chi connectivity index (χ1v) is 6.23. The summed E-state index contributed by atoms with van der Waals surface area (Å²) >= 11 is 0. The lowest BCUT2D eigenvalue weighted by Gasteiger charge is -2.32. The molecule has 0 amide bonds. The van der Waals surface area contributed by atoms with Crippen LogP contribution in [0.1, 0.15) is 54.1 Å². The first-order chi connectivity index (χ1) is 13.2. The minimum absolute atomic E-state index is 0.112. The first kappa shape index (κ1) is 6.32. The summed E-state index contributed by atoms with van der Waals surface area (Å²) in [6.07, 6.45) is -7.93. The summed E-state index contributed by atoms with van der Waals surface area (Å²) in [4.78, 5) is 7.80. The molecule has 2 aliphatic heterocycles. The maximum absolute atomic E-state index is 8.18. The summed E-state index contributed by atoms with van der Waals surface area (Å²) in [6, 6.07) is 0. The van der Waals surface area contributed by atoms with Gasteiger partial charge in [0.2, 0.25) is 0 Å². The highest BCUT2D eigenvalue weighted by Gasteiger charge is 2.52. The van der Waals surface area contributed by atoms with Gasteiger partial charge in [0.05, 0.1) is 25.7 Å². The summed E-state index contributed by atoms with van der Waals surface area (Å²) in [5.41, 5.74) is -1.69. The molecule has 0 saturated carbocycles. The number of rotatable bonds is 2. The maximum Gasteiger partial charge on any atom is 0.516 e. The molecular formula is C14H22BN3O2. The molecule has 5 nitrogen and oxygen atoms in total. The van der Waals surface area contributed by atoms with Gasteiger partial charge < -0.3 is 14.2 Å². The number of hydrogen-bond acceptors (Lipinski definition) is 5. The van der Waals surface area contributed by atoms with E-state index in [0.717, 1.165) is 0 Å². The number of aromatic nitrogens is 2. The third-order valence-electron chi connectivity index (χ3n) is 3.64. The molecule has 3 heterocycles. The van der Waals surface area contributed by atoms with Crippen LogP contribution in [0.25, 0.3) is 0 Å². The smallest absolute Gasteiger partial charge is 0.398 e. The molecule has 1 aromatic heterocycles. The van der Waals surface area contributed by atoms with Crippen LogP contribution in [0.4, 0.5) is 5.82 Å². The van der Waals surface area contributed by atoms with E-state index in [9.17, 15) is 0 Å². The van der Waals surface area contributed by atoms with Gasteiger partial charge in [-0.15, -0.1) is 0 Å². The molecule has 0 N–H and O–H groups in total. The zero-order valence-electron chi connectivity index (χ0n) is 21.7. The Labute approximate surface area is 134 Å². The van der Waals surface area contributed by atoms with Crippen molar-refractivity contribution in [2.24, 2.45) is 0 Å². The quantitative estimate of drug-likeness (QED) is 0.768. The van der Waals surface area contributed by atoms with Crippen molar-refractivity contribution in [2.45, 2.75) is 51.6 Å². The average Bonchev–Trinajstić information content (AvgIpc) is 2.80. The molecule has 2 aliphatic rings. The first-order valence-electron chi connectivity index (χ1n) is 11.2. The zero-order chi connectivity index (χ0) is 23.3. The van der Waals surface area contributed by atoms with Gasteiger partial charge in [0, 0.05) is 30.1 Å². The minimum atomic E-state index is -3.29. The third kappa shape index (κ3) is 2.31. The van der Waals surface area contributed by atoms with E-state index >= 15 is 0 Å². The van der Waals surface area contributed by atoms with Crippen LogP contribution in [0.15, 0.2) is 12.3 Å². The molecule has 0 atom stereocenters. The summed E-state index contributed by atoms with van der Waals surface area (Å²) in [6.45, 7) is 0.662. The molecule has 108 valence electrons. The van der Waals surface area contributed by atoms with Crippen LogP contribution in [0.2, 0.25) is 0 Å². The standard InChI is InChI=1S/C14H22BN3O2/c1-13(2)14(3,4)20-15(19-13)11-9-17-12(10-16-11)18-7-5-6-8-18/h9-10H,5-8H2,1-4H3/i5D2,6D2,7D2,8D2,9D,10D. The van der Waals surface area contributed by atoms with Gasteiger partial charge in [-0.05, 0) is 40.4 Å². The highest BCUT2D eigenvalue weighted by molar-refractivity contribution is 6.61. The Morgan fingerprint density at radius 2 is 1.75 bits per heavy atom. The SMILES string of the molecule is [2H]c1nc(N2C([2H])([2H])C([2H])([2H])C([2H])([2H])C2([2H])[2H])c([2H])nc1B1OC(C)(C)C(C)(C)O1. The van der Waals surface area contributed by atoms with Crippen molar-refractivity contribution in [3.05, 3.63) is 12.3 Å². The molecule has 2 fully saturated rings. The molecule has 0 unspecified atom stereocenters. The Hall–Kier alpha value is -1.14. The molecule has 20 heavy (non-hydrogen) atoms. The summed E-state index contributed by atoms with van der Waals surface area (Å²) < 4.78 is 91.6. The van der Waals surface area contributed by atoms with Crippen molar-refractivity contribution in [1.29, 1.82) is 0 Å². The maximum atomic E-state index is 8.18. The van der Waals surface area contributed by atoms with Crippen LogP contribution in [-0.4, -0.2) is 41.3 Å². The van der Waals surface area contributed by atoms with Crippen LogP contribution >= 0.6 is 0 Å². The normalized spacial score (nSPS) is 41.8. The predicted molar refractivity (Wildman–Crippen MR) is 79.2 cm³/mol. The van der Waals surface area contributed by atoms with E-state index in [2.05, 4.69) is 9.97 Å². The topological polar surface area (TPSA) is 47.5 Å². The van der Waals surface area contributed by atoms with Gasteiger partial charge in [0.1, 0.15) is 5.82 Å². The Balaban J connectivity index is 2.11. The Kier molecular flexibility index (Phi) is 1.49. The van der Waals surface area contributed by atoms with Crippen molar-refractivity contribution < 1.29 is 23.0 Å². The van der Waals surface area contributed by atoms with Crippen LogP contribution < -0.4 is 10.5 Å². The van der Waals surface area contributed by atoms with Crippen molar-refractivity contribution in [2.75, 3.05) is 17.9 Å². The summed E-state index contributed by atoms with van der Waals surface area (Å²) in [7, 11) is -1.14. The largest absolute Gasteiger partial charge is 0.516 e. The van der Waals surface area contributed by atoms with Gasteiger partial charge in [-0.2, -0.15) is 0 Å². The van der Waals surface area contributed by atoms with Crippen molar-refractivity contribution in [3.8, 4) is 0 Å². The van der Waals surface area contributed by atoms with E-state index in [-0.39, 0.29) is 10.5 Å². The van der Waals surface area contributed by atoms with Crippen LogP contribution in [0, 0.1) is 0 Å². The lowest BCUT2D eigenvalue weighted by atomic mass is 9.85. The van der Waals surface area contributed by atoms with Crippen molar-refractivity contribution >= 4 is 18.5 Å². The molecule has 3 rings (SSSR count). The zero-order valence-corrected chi connectivity index (χ0v) is 11.7. The fourth-order valence-corrected chi connectivity index (χ4v) is 1.73. The Bertz CT molecular complexity index is 853. The van der Waals surface area contributed by atoms with Gasteiger partial charge in [-0.3, -0.25) is 4.98 Å². The molecule has 1 aromatic rings. The molecular weight excluding hydrogens is 253 g/mol. The van der Waals surface area contributed by atoms with Gasteiger partial charge in [-0.25, -0.2) is 4.98 Å². The number of nitrogens with zero attached hydrogens (tertiary/aromatic N) is 3. The minimum Gasteiger partial charge on any atom is -0.398 e. The molecule has 0 radical (unpaired) electrons. The lowest BCUT2D eigenvalue weighted by Crippen LogP contribution is -2.41. The van der Waals surface area contributed by atoms with E-state index in [1.165, 1.54) is 0 Å². The second-order valence-corrected chi connectivity index (χ2v) is 5.55. The highest BCUT2D eigenvalue weighted by atomic mass is 16.7. The molecule has 0 aromatic carbocycles. The van der Waals surface area contributed by atoms with Crippen LogP contribution in [0.3, 0.4) is 0 Å².